The zero-order chi connectivity index (χ0) is 15.0. The molecule has 0 radical (unpaired) electrons. The van der Waals surface area contributed by atoms with Crippen LogP contribution in [0.4, 0.5) is 4.39 Å². The monoisotopic (exact) mass is 290 g/mol. The lowest BCUT2D eigenvalue weighted by molar-refractivity contribution is 0.0664. The smallest absolute Gasteiger partial charge is 0.254 e. The molecule has 21 heavy (non-hydrogen) atoms. The summed E-state index contributed by atoms with van der Waals surface area (Å²) >= 11 is 0. The summed E-state index contributed by atoms with van der Waals surface area (Å²) in [6, 6.07) is 5.48. The average molecular weight is 290 g/mol. The maximum Gasteiger partial charge on any atom is 0.254 e. The van der Waals surface area contributed by atoms with Crippen molar-refractivity contribution in [2.24, 2.45) is 0 Å². The molecule has 0 aliphatic carbocycles. The molecule has 2 aliphatic heterocycles. The van der Waals surface area contributed by atoms with Crippen molar-refractivity contribution >= 4 is 5.91 Å². The molecular formula is C17H23FN2O. The van der Waals surface area contributed by atoms with Crippen molar-refractivity contribution in [3.8, 4) is 0 Å². The molecule has 1 aromatic rings. The van der Waals surface area contributed by atoms with Crippen LogP contribution in [0.25, 0.3) is 0 Å². The summed E-state index contributed by atoms with van der Waals surface area (Å²) in [5, 5.41) is 0. The van der Waals surface area contributed by atoms with E-state index in [0.29, 0.717) is 23.2 Å². The Labute approximate surface area is 125 Å². The molecule has 3 rings (SSSR count). The fraction of sp³-hybridized carbons (Fsp3) is 0.588. The van der Waals surface area contributed by atoms with E-state index in [1.807, 2.05) is 4.90 Å². The Bertz CT molecular complexity index is 546. The molecule has 1 amide bonds. The molecule has 4 heteroatoms. The first-order valence-electron chi connectivity index (χ1n) is 7.85. The third-order valence-corrected chi connectivity index (χ3v) is 4.99. The number of halogens is 1. The van der Waals surface area contributed by atoms with Crippen molar-refractivity contribution in [2.45, 2.75) is 44.7 Å². The molecule has 2 atom stereocenters. The van der Waals surface area contributed by atoms with E-state index < -0.39 is 0 Å². The number of carbonyl (C=O) groups is 1. The molecule has 0 unspecified atom stereocenters. The third-order valence-electron chi connectivity index (χ3n) is 4.99. The molecule has 0 spiro atoms. The number of carbonyl (C=O) groups excluding carboxylic acids is 1. The fourth-order valence-electron chi connectivity index (χ4n) is 3.81. The largest absolute Gasteiger partial charge is 0.334 e. The van der Waals surface area contributed by atoms with Crippen LogP contribution < -0.4 is 0 Å². The van der Waals surface area contributed by atoms with Crippen LogP contribution >= 0.6 is 0 Å². The van der Waals surface area contributed by atoms with Crippen LogP contribution in [-0.2, 0) is 0 Å². The highest BCUT2D eigenvalue weighted by Gasteiger charge is 2.38. The number of likely N-dealkylation sites (tertiary alicyclic amines) is 2. The van der Waals surface area contributed by atoms with Crippen LogP contribution in [0.2, 0.25) is 0 Å². The number of hydrogen-bond donors (Lipinski definition) is 0. The summed E-state index contributed by atoms with van der Waals surface area (Å²) in [4.78, 5) is 17.2. The van der Waals surface area contributed by atoms with Gasteiger partial charge in [-0.25, -0.2) is 4.39 Å². The van der Waals surface area contributed by atoms with E-state index in [9.17, 15) is 9.18 Å². The zero-order valence-electron chi connectivity index (χ0n) is 12.8. The van der Waals surface area contributed by atoms with Crippen molar-refractivity contribution in [3.63, 3.8) is 0 Å². The minimum absolute atomic E-state index is 0.0564. The Kier molecular flexibility index (Phi) is 3.98. The van der Waals surface area contributed by atoms with Crippen LogP contribution in [0, 0.1) is 12.7 Å². The van der Waals surface area contributed by atoms with Crippen molar-refractivity contribution < 1.29 is 9.18 Å². The van der Waals surface area contributed by atoms with Gasteiger partial charge in [0.05, 0.1) is 0 Å². The number of hydrogen-bond acceptors (Lipinski definition) is 2. The predicted molar refractivity (Wildman–Crippen MR) is 80.8 cm³/mol. The number of rotatable bonds is 2. The molecule has 114 valence electrons. The maximum absolute atomic E-state index is 13.4. The molecule has 2 fully saturated rings. The lowest BCUT2D eigenvalue weighted by Gasteiger charge is -2.33. The second kappa shape index (κ2) is 5.76. The van der Waals surface area contributed by atoms with E-state index in [4.69, 9.17) is 0 Å². The number of amides is 1. The lowest BCUT2D eigenvalue weighted by Crippen LogP contribution is -2.47. The average Bonchev–Trinajstić information content (AvgIpc) is 3.09. The summed E-state index contributed by atoms with van der Waals surface area (Å²) in [6.45, 7) is 3.65. The van der Waals surface area contributed by atoms with Gasteiger partial charge in [0, 0.05) is 24.2 Å². The molecule has 1 aromatic carbocycles. The van der Waals surface area contributed by atoms with E-state index in [2.05, 4.69) is 11.9 Å². The predicted octanol–water partition coefficient (Wildman–Crippen LogP) is 2.83. The number of nitrogens with zero attached hydrogens (tertiary/aromatic N) is 2. The summed E-state index contributed by atoms with van der Waals surface area (Å²) in [6.07, 6.45) is 4.55. The minimum atomic E-state index is -0.250. The Morgan fingerprint density at radius 2 is 1.90 bits per heavy atom. The second-order valence-corrected chi connectivity index (χ2v) is 6.36. The Balaban J connectivity index is 1.81. The molecule has 2 heterocycles. The SMILES string of the molecule is Cc1cc(C(=O)N2CCC[C@@H]2[C@H]2CCCN2C)ccc1F. The number of aryl methyl sites for hydroxylation is 1. The van der Waals surface area contributed by atoms with Gasteiger partial charge in [0.2, 0.25) is 0 Å². The van der Waals surface area contributed by atoms with Crippen molar-refractivity contribution in [3.05, 3.63) is 35.1 Å². The van der Waals surface area contributed by atoms with Crippen LogP contribution in [-0.4, -0.2) is 47.9 Å². The molecule has 2 aliphatic rings. The van der Waals surface area contributed by atoms with Crippen LogP contribution in [0.1, 0.15) is 41.6 Å². The fourth-order valence-corrected chi connectivity index (χ4v) is 3.81. The number of likely N-dealkylation sites (N-methyl/N-ethyl adjacent to an activating group) is 1. The van der Waals surface area contributed by atoms with Crippen LogP contribution in [0.15, 0.2) is 18.2 Å². The van der Waals surface area contributed by atoms with Crippen molar-refractivity contribution in [1.29, 1.82) is 0 Å². The van der Waals surface area contributed by atoms with Gasteiger partial charge < -0.3 is 9.80 Å². The highest BCUT2D eigenvalue weighted by molar-refractivity contribution is 5.94. The normalized spacial score (nSPS) is 26.5. The minimum Gasteiger partial charge on any atom is -0.334 e. The molecule has 2 saturated heterocycles. The van der Waals surface area contributed by atoms with E-state index in [1.165, 1.54) is 18.9 Å². The summed E-state index contributed by atoms with van der Waals surface area (Å²) in [5.74, 6) is -0.194. The first-order valence-corrected chi connectivity index (χ1v) is 7.85. The van der Waals surface area contributed by atoms with Gasteiger partial charge >= 0.3 is 0 Å². The number of benzene rings is 1. The Morgan fingerprint density at radius 3 is 2.57 bits per heavy atom. The summed E-state index contributed by atoms with van der Waals surface area (Å²) in [5.41, 5.74) is 1.15. The Morgan fingerprint density at radius 1 is 1.19 bits per heavy atom. The maximum atomic E-state index is 13.4. The van der Waals surface area contributed by atoms with Gasteiger partial charge in [-0.05, 0) is 70.0 Å². The molecule has 3 nitrogen and oxygen atoms in total. The van der Waals surface area contributed by atoms with E-state index in [1.54, 1.807) is 19.1 Å². The van der Waals surface area contributed by atoms with Gasteiger partial charge in [-0.3, -0.25) is 4.79 Å². The van der Waals surface area contributed by atoms with Gasteiger partial charge in [-0.15, -0.1) is 0 Å². The quantitative estimate of drug-likeness (QED) is 0.836. The highest BCUT2D eigenvalue weighted by atomic mass is 19.1. The summed E-state index contributed by atoms with van der Waals surface area (Å²) in [7, 11) is 2.15. The first kappa shape index (κ1) is 14.5. The van der Waals surface area contributed by atoms with Gasteiger partial charge in [0.1, 0.15) is 5.82 Å². The van der Waals surface area contributed by atoms with E-state index in [0.717, 1.165) is 25.9 Å². The van der Waals surface area contributed by atoms with E-state index >= 15 is 0 Å². The highest BCUT2D eigenvalue weighted by Crippen LogP contribution is 2.30. The van der Waals surface area contributed by atoms with Gasteiger partial charge in [0.25, 0.3) is 5.91 Å². The van der Waals surface area contributed by atoms with Crippen LogP contribution in [0.3, 0.4) is 0 Å². The van der Waals surface area contributed by atoms with Crippen molar-refractivity contribution in [1.82, 2.24) is 9.80 Å². The molecule has 0 saturated carbocycles. The molecule has 0 aromatic heterocycles. The second-order valence-electron chi connectivity index (χ2n) is 6.36. The topological polar surface area (TPSA) is 23.6 Å². The molecule has 0 N–H and O–H groups in total. The first-order chi connectivity index (χ1) is 10.1. The molecule has 0 bridgehead atoms. The molecular weight excluding hydrogens is 267 g/mol. The lowest BCUT2D eigenvalue weighted by atomic mass is 10.0. The standard InChI is InChI=1S/C17H23FN2O/c1-12-11-13(7-8-14(12)18)17(21)20-10-4-6-16(20)15-5-3-9-19(15)2/h7-8,11,15-16H,3-6,9-10H2,1-2H3/t15-,16-/m1/s1. The van der Waals surface area contributed by atoms with E-state index in [-0.39, 0.29) is 11.7 Å². The zero-order valence-corrected chi connectivity index (χ0v) is 12.8. The van der Waals surface area contributed by atoms with Gasteiger partial charge in [-0.1, -0.05) is 0 Å². The van der Waals surface area contributed by atoms with Crippen LogP contribution in [0.5, 0.6) is 0 Å². The van der Waals surface area contributed by atoms with Gasteiger partial charge in [-0.2, -0.15) is 0 Å². The van der Waals surface area contributed by atoms with Crippen molar-refractivity contribution in [2.75, 3.05) is 20.1 Å². The van der Waals surface area contributed by atoms with Gasteiger partial charge in [0.15, 0.2) is 0 Å². The summed E-state index contributed by atoms with van der Waals surface area (Å²) < 4.78 is 13.4. The Hall–Kier alpha value is -1.42. The third kappa shape index (κ3) is 2.69.